The van der Waals surface area contributed by atoms with Crippen LogP contribution in [-0.4, -0.2) is 28.8 Å². The Morgan fingerprint density at radius 3 is 2.32 bits per heavy atom. The lowest BCUT2D eigenvalue weighted by atomic mass is 10.2. The maximum absolute atomic E-state index is 11.9. The lowest BCUT2D eigenvalue weighted by Crippen LogP contribution is -2.42. The van der Waals surface area contributed by atoms with Crippen LogP contribution in [-0.2, 0) is 25.7 Å². The van der Waals surface area contributed by atoms with Crippen LogP contribution in [0.25, 0.3) is 0 Å². The van der Waals surface area contributed by atoms with E-state index in [1.54, 1.807) is 24.3 Å². The Balaban J connectivity index is 1.57. The average molecular weight is 387 g/mol. The molecule has 0 unspecified atom stereocenters. The number of hydrogen-bond donors (Lipinski definition) is 2. The van der Waals surface area contributed by atoms with Crippen LogP contribution in [0.2, 0.25) is 0 Å². The first kappa shape index (κ1) is 19.0. The van der Waals surface area contributed by atoms with Gasteiger partial charge in [0.1, 0.15) is 18.1 Å². The number of aromatic carboxylic acids is 1. The van der Waals surface area contributed by atoms with Crippen molar-refractivity contribution < 1.29 is 38.1 Å². The number of hydrogen-bond acceptors (Lipinski definition) is 8. The topological polar surface area (TPSA) is 124 Å². The molecular formula is C19H17NO8. The molecule has 0 saturated carbocycles. The van der Waals surface area contributed by atoms with E-state index in [2.05, 4.69) is 5.32 Å². The molecule has 2 heterocycles. The summed E-state index contributed by atoms with van der Waals surface area (Å²) in [6, 6.07) is 9.52. The van der Waals surface area contributed by atoms with Gasteiger partial charge in [-0.2, -0.15) is 0 Å². The molecule has 0 spiro atoms. The minimum Gasteiger partial charge on any atom is -0.486 e. The number of carbonyl (C=O) groups excluding carboxylic acids is 2. The molecule has 1 aliphatic heterocycles. The molecule has 3 rings (SSSR count). The molecule has 146 valence electrons. The normalized spacial score (nSPS) is 15.4. The van der Waals surface area contributed by atoms with Gasteiger partial charge in [0.2, 0.25) is 5.76 Å². The molecule has 9 heteroatoms. The van der Waals surface area contributed by atoms with Gasteiger partial charge in [-0.25, -0.2) is 14.4 Å². The molecule has 1 aliphatic rings. The summed E-state index contributed by atoms with van der Waals surface area (Å²) >= 11 is 0. The quantitative estimate of drug-likeness (QED) is 0.437. The predicted octanol–water partition coefficient (Wildman–Crippen LogP) is 2.69. The number of ether oxygens (including phenoxy) is 3. The van der Waals surface area contributed by atoms with Crippen LogP contribution < -0.4 is 10.1 Å². The van der Waals surface area contributed by atoms with Gasteiger partial charge in [0.15, 0.2) is 5.57 Å². The van der Waals surface area contributed by atoms with Gasteiger partial charge < -0.3 is 29.1 Å². The lowest BCUT2D eigenvalue weighted by molar-refractivity contribution is -0.222. The van der Waals surface area contributed by atoms with Gasteiger partial charge in [-0.15, -0.1) is 0 Å². The van der Waals surface area contributed by atoms with Crippen molar-refractivity contribution in [3.05, 3.63) is 59.7 Å². The SMILES string of the molecule is CC1(C)OC(=O)C(=CNc2ccc(OCc3ccc(C(=O)O)o3)cc2)C(=O)O1. The third-order valence-electron chi connectivity index (χ3n) is 3.61. The second kappa shape index (κ2) is 7.47. The molecule has 0 radical (unpaired) electrons. The molecule has 0 amide bonds. The Labute approximate surface area is 159 Å². The van der Waals surface area contributed by atoms with Crippen LogP contribution in [0.5, 0.6) is 5.75 Å². The van der Waals surface area contributed by atoms with Crippen LogP contribution in [0.1, 0.15) is 30.2 Å². The highest BCUT2D eigenvalue weighted by molar-refractivity contribution is 6.15. The van der Waals surface area contributed by atoms with Crippen molar-refractivity contribution >= 4 is 23.6 Å². The summed E-state index contributed by atoms with van der Waals surface area (Å²) in [5.41, 5.74) is 0.350. The first-order chi connectivity index (χ1) is 13.2. The Morgan fingerprint density at radius 1 is 1.11 bits per heavy atom. The fraction of sp³-hybridized carbons (Fsp3) is 0.211. The van der Waals surface area contributed by atoms with Crippen LogP contribution in [0.3, 0.4) is 0 Å². The molecule has 2 N–H and O–H groups in total. The molecule has 2 aromatic rings. The van der Waals surface area contributed by atoms with E-state index in [9.17, 15) is 14.4 Å². The smallest absolute Gasteiger partial charge is 0.371 e. The van der Waals surface area contributed by atoms with Gasteiger partial charge in [0.05, 0.1) is 0 Å². The van der Waals surface area contributed by atoms with Crippen molar-refractivity contribution in [2.75, 3.05) is 5.32 Å². The Morgan fingerprint density at radius 2 is 1.75 bits per heavy atom. The van der Waals surface area contributed by atoms with E-state index in [0.29, 0.717) is 17.2 Å². The van der Waals surface area contributed by atoms with E-state index in [1.807, 2.05) is 0 Å². The van der Waals surface area contributed by atoms with Gasteiger partial charge in [-0.3, -0.25) is 0 Å². The largest absolute Gasteiger partial charge is 0.486 e. The lowest BCUT2D eigenvalue weighted by Gasteiger charge is -2.29. The number of anilines is 1. The van der Waals surface area contributed by atoms with Gasteiger partial charge in [0, 0.05) is 25.7 Å². The monoisotopic (exact) mass is 387 g/mol. The second-order valence-corrected chi connectivity index (χ2v) is 6.27. The van der Waals surface area contributed by atoms with Crippen molar-refractivity contribution in [2.24, 2.45) is 0 Å². The number of nitrogens with one attached hydrogen (secondary N) is 1. The highest BCUT2D eigenvalue weighted by Gasteiger charge is 2.38. The average Bonchev–Trinajstić information content (AvgIpc) is 3.08. The minimum absolute atomic E-state index is 0.0670. The first-order valence-corrected chi connectivity index (χ1v) is 8.22. The first-order valence-electron chi connectivity index (χ1n) is 8.22. The third kappa shape index (κ3) is 4.50. The number of cyclic esters (lactones) is 2. The van der Waals surface area contributed by atoms with Gasteiger partial charge in [-0.1, -0.05) is 0 Å². The molecule has 1 fully saturated rings. The molecule has 1 aromatic carbocycles. The zero-order valence-corrected chi connectivity index (χ0v) is 15.1. The second-order valence-electron chi connectivity index (χ2n) is 6.27. The van der Waals surface area contributed by atoms with E-state index in [1.165, 1.54) is 32.2 Å². The fourth-order valence-electron chi connectivity index (χ4n) is 2.31. The predicted molar refractivity (Wildman–Crippen MR) is 94.4 cm³/mol. The number of furan rings is 1. The van der Waals surface area contributed by atoms with E-state index in [4.69, 9.17) is 23.7 Å². The van der Waals surface area contributed by atoms with Crippen molar-refractivity contribution in [2.45, 2.75) is 26.2 Å². The van der Waals surface area contributed by atoms with E-state index in [0.717, 1.165) is 0 Å². The van der Waals surface area contributed by atoms with Gasteiger partial charge >= 0.3 is 17.9 Å². The highest BCUT2D eigenvalue weighted by atomic mass is 16.7. The van der Waals surface area contributed by atoms with Crippen LogP contribution in [0, 0.1) is 0 Å². The summed E-state index contributed by atoms with van der Waals surface area (Å²) < 4.78 is 20.6. The highest BCUT2D eigenvalue weighted by Crippen LogP contribution is 2.23. The standard InChI is InChI=1S/C19H17NO8/c1-19(2)27-17(23)14(18(24)28-19)9-20-11-3-5-12(6-4-11)25-10-13-7-8-15(26-13)16(21)22/h3-9,20H,10H2,1-2H3,(H,21,22). The van der Waals surface area contributed by atoms with Gasteiger partial charge in [0.25, 0.3) is 5.79 Å². The van der Waals surface area contributed by atoms with Crippen molar-refractivity contribution in [3.63, 3.8) is 0 Å². The molecule has 1 saturated heterocycles. The van der Waals surface area contributed by atoms with E-state index in [-0.39, 0.29) is 17.9 Å². The molecule has 0 atom stereocenters. The minimum atomic E-state index is -1.29. The summed E-state index contributed by atoms with van der Waals surface area (Å²) in [6.07, 6.45) is 1.21. The van der Waals surface area contributed by atoms with Crippen LogP contribution in [0.15, 0.2) is 52.6 Å². The van der Waals surface area contributed by atoms with E-state index < -0.39 is 23.7 Å². The zero-order valence-electron chi connectivity index (χ0n) is 15.1. The molecule has 1 aromatic heterocycles. The zero-order chi connectivity index (χ0) is 20.3. The van der Waals surface area contributed by atoms with Crippen LogP contribution in [0.4, 0.5) is 5.69 Å². The molecule has 28 heavy (non-hydrogen) atoms. The van der Waals surface area contributed by atoms with Gasteiger partial charge in [-0.05, 0) is 36.4 Å². The summed E-state index contributed by atoms with van der Waals surface area (Å²) in [7, 11) is 0. The third-order valence-corrected chi connectivity index (χ3v) is 3.61. The number of benzene rings is 1. The summed E-state index contributed by atoms with van der Waals surface area (Å²) in [6.45, 7) is 3.01. The Hall–Kier alpha value is -3.75. The van der Waals surface area contributed by atoms with E-state index >= 15 is 0 Å². The number of carboxylic acids is 1. The summed E-state index contributed by atoms with van der Waals surface area (Å²) in [5, 5.41) is 11.6. The molecule has 0 bridgehead atoms. The Bertz CT molecular complexity index is 917. The number of carbonyl (C=O) groups is 3. The molecule has 9 nitrogen and oxygen atoms in total. The summed E-state index contributed by atoms with van der Waals surface area (Å²) in [5.74, 6) is -3.24. The maximum atomic E-state index is 11.9. The Kier molecular flexibility index (Phi) is 5.08. The number of esters is 2. The maximum Gasteiger partial charge on any atom is 0.371 e. The summed E-state index contributed by atoms with van der Waals surface area (Å²) in [4.78, 5) is 34.5. The van der Waals surface area contributed by atoms with Crippen molar-refractivity contribution in [1.82, 2.24) is 0 Å². The van der Waals surface area contributed by atoms with Crippen molar-refractivity contribution in [3.8, 4) is 5.75 Å². The number of carboxylic acid groups (broad SMARTS) is 1. The fourth-order valence-corrected chi connectivity index (χ4v) is 2.31. The molecular weight excluding hydrogens is 370 g/mol. The van der Waals surface area contributed by atoms with Crippen LogP contribution >= 0.6 is 0 Å². The molecule has 0 aliphatic carbocycles. The van der Waals surface area contributed by atoms with Crippen molar-refractivity contribution in [1.29, 1.82) is 0 Å². The number of rotatable bonds is 6.